The van der Waals surface area contributed by atoms with Crippen molar-refractivity contribution >= 4 is 15.9 Å². The lowest BCUT2D eigenvalue weighted by Crippen LogP contribution is -2.35. The summed E-state index contributed by atoms with van der Waals surface area (Å²) >= 11 is 0. The summed E-state index contributed by atoms with van der Waals surface area (Å²) in [4.78, 5) is 11.5. The number of aryl methyl sites for hydroxylation is 2. The molecule has 0 atom stereocenters. The average molecular weight is 312 g/mol. The molecule has 0 heterocycles. The minimum Gasteiger partial charge on any atom is -0.358 e. The topological polar surface area (TPSA) is 75.3 Å². The van der Waals surface area contributed by atoms with Gasteiger partial charge in [0.15, 0.2) is 0 Å². The molecule has 1 rings (SSSR count). The standard InChI is InChI=1S/C15H24N2O3S/c1-10-7-12(15(3,4)5)8-11(2)14(10)21(19,20)17-9-13(18)16-6/h7-8,17H,9H2,1-6H3,(H,16,18). The van der Waals surface area contributed by atoms with E-state index in [4.69, 9.17) is 0 Å². The van der Waals surface area contributed by atoms with Crippen molar-refractivity contribution in [1.82, 2.24) is 10.0 Å². The van der Waals surface area contributed by atoms with Crippen molar-refractivity contribution in [3.05, 3.63) is 28.8 Å². The van der Waals surface area contributed by atoms with E-state index >= 15 is 0 Å². The third kappa shape index (κ3) is 4.28. The van der Waals surface area contributed by atoms with Crippen molar-refractivity contribution < 1.29 is 13.2 Å². The summed E-state index contributed by atoms with van der Waals surface area (Å²) in [5, 5.41) is 2.38. The van der Waals surface area contributed by atoms with Crippen molar-refractivity contribution in [2.45, 2.75) is 44.9 Å². The van der Waals surface area contributed by atoms with E-state index in [1.54, 1.807) is 13.8 Å². The molecule has 118 valence electrons. The molecule has 1 aromatic rings. The quantitative estimate of drug-likeness (QED) is 0.887. The molecule has 0 bridgehead atoms. The number of rotatable bonds is 4. The zero-order valence-corrected chi connectivity index (χ0v) is 14.3. The first-order valence-electron chi connectivity index (χ1n) is 6.81. The minimum atomic E-state index is -3.70. The minimum absolute atomic E-state index is 0.0483. The molecule has 0 aliphatic heterocycles. The molecule has 0 spiro atoms. The Balaban J connectivity index is 3.22. The van der Waals surface area contributed by atoms with E-state index in [0.717, 1.165) is 5.56 Å². The summed E-state index contributed by atoms with van der Waals surface area (Å²) in [5.74, 6) is -0.375. The van der Waals surface area contributed by atoms with Crippen LogP contribution < -0.4 is 10.0 Å². The summed E-state index contributed by atoms with van der Waals surface area (Å²) < 4.78 is 27.1. The molecule has 0 aliphatic carbocycles. The van der Waals surface area contributed by atoms with Gasteiger partial charge in [-0.3, -0.25) is 4.79 Å². The molecule has 0 aromatic heterocycles. The zero-order valence-electron chi connectivity index (χ0n) is 13.5. The maximum atomic E-state index is 12.4. The number of nitrogens with one attached hydrogen (secondary N) is 2. The predicted octanol–water partition coefficient (Wildman–Crippen LogP) is 1.63. The first-order valence-corrected chi connectivity index (χ1v) is 8.29. The first-order chi connectivity index (χ1) is 9.49. The van der Waals surface area contributed by atoms with Gasteiger partial charge in [0, 0.05) is 7.05 Å². The maximum absolute atomic E-state index is 12.4. The molecule has 0 radical (unpaired) electrons. The third-order valence-corrected chi connectivity index (χ3v) is 5.00. The fraction of sp³-hybridized carbons (Fsp3) is 0.533. The Labute approximate surface area is 127 Å². The van der Waals surface area contributed by atoms with Gasteiger partial charge in [-0.05, 0) is 36.0 Å². The van der Waals surface area contributed by atoms with Gasteiger partial charge in [-0.2, -0.15) is 0 Å². The average Bonchev–Trinajstić information content (AvgIpc) is 2.33. The van der Waals surface area contributed by atoms with Crippen LogP contribution in [-0.2, 0) is 20.2 Å². The first kappa shape index (κ1) is 17.7. The molecular weight excluding hydrogens is 288 g/mol. The summed E-state index contributed by atoms with van der Waals surface area (Å²) in [7, 11) is -2.24. The number of carbonyl (C=O) groups excluding carboxylic acids is 1. The number of carbonyl (C=O) groups is 1. The molecule has 21 heavy (non-hydrogen) atoms. The van der Waals surface area contributed by atoms with Gasteiger partial charge in [0.05, 0.1) is 11.4 Å². The van der Waals surface area contributed by atoms with E-state index in [9.17, 15) is 13.2 Å². The fourth-order valence-electron chi connectivity index (χ4n) is 2.13. The summed E-state index contributed by atoms with van der Waals surface area (Å²) in [5.41, 5.74) is 2.41. The number of hydrogen-bond donors (Lipinski definition) is 2. The van der Waals surface area contributed by atoms with Crippen LogP contribution in [0.4, 0.5) is 0 Å². The zero-order chi connectivity index (χ0) is 16.4. The smallest absolute Gasteiger partial charge is 0.241 e. The Kier molecular flexibility index (Phi) is 5.17. The van der Waals surface area contributed by atoms with Crippen LogP contribution in [0, 0.1) is 13.8 Å². The second kappa shape index (κ2) is 6.15. The Bertz CT molecular complexity index is 620. The van der Waals surface area contributed by atoms with Crippen molar-refractivity contribution in [2.75, 3.05) is 13.6 Å². The van der Waals surface area contributed by atoms with E-state index in [1.807, 2.05) is 12.1 Å². The Morgan fingerprint density at radius 1 is 1.14 bits per heavy atom. The monoisotopic (exact) mass is 312 g/mol. The van der Waals surface area contributed by atoms with Crippen LogP contribution in [0.15, 0.2) is 17.0 Å². The maximum Gasteiger partial charge on any atom is 0.241 e. The van der Waals surface area contributed by atoms with Gasteiger partial charge in [0.1, 0.15) is 0 Å². The van der Waals surface area contributed by atoms with Crippen molar-refractivity contribution in [3.8, 4) is 0 Å². The number of likely N-dealkylation sites (N-methyl/N-ethyl adjacent to an activating group) is 1. The molecule has 6 heteroatoms. The second-order valence-electron chi connectivity index (χ2n) is 6.19. The van der Waals surface area contributed by atoms with Gasteiger partial charge in [0.2, 0.25) is 15.9 Å². The molecule has 0 saturated carbocycles. The summed E-state index contributed by atoms with van der Waals surface area (Å²) in [6.45, 7) is 9.53. The van der Waals surface area contributed by atoms with Crippen LogP contribution in [0.1, 0.15) is 37.5 Å². The second-order valence-corrected chi connectivity index (χ2v) is 7.89. The van der Waals surface area contributed by atoms with Gasteiger partial charge in [0.25, 0.3) is 0 Å². The Morgan fingerprint density at radius 3 is 2.00 bits per heavy atom. The van der Waals surface area contributed by atoms with E-state index in [-0.39, 0.29) is 22.8 Å². The van der Waals surface area contributed by atoms with Crippen LogP contribution in [0.25, 0.3) is 0 Å². The van der Waals surface area contributed by atoms with E-state index in [2.05, 4.69) is 30.8 Å². The normalized spacial score (nSPS) is 12.3. The molecule has 0 aliphatic rings. The Hall–Kier alpha value is -1.40. The van der Waals surface area contributed by atoms with E-state index < -0.39 is 10.0 Å². The highest BCUT2D eigenvalue weighted by Crippen LogP contribution is 2.28. The van der Waals surface area contributed by atoms with Crippen LogP contribution in [0.3, 0.4) is 0 Å². The van der Waals surface area contributed by atoms with Crippen molar-refractivity contribution in [3.63, 3.8) is 0 Å². The van der Waals surface area contributed by atoms with E-state index in [1.165, 1.54) is 7.05 Å². The van der Waals surface area contributed by atoms with Crippen LogP contribution in [0.5, 0.6) is 0 Å². The fourth-order valence-corrected chi connectivity index (χ4v) is 3.56. The molecule has 1 aromatic carbocycles. The van der Waals surface area contributed by atoms with Crippen LogP contribution >= 0.6 is 0 Å². The Morgan fingerprint density at radius 2 is 1.62 bits per heavy atom. The van der Waals surface area contributed by atoms with Crippen LogP contribution in [0.2, 0.25) is 0 Å². The molecule has 2 N–H and O–H groups in total. The molecule has 5 nitrogen and oxygen atoms in total. The molecular formula is C15H24N2O3S. The number of amides is 1. The largest absolute Gasteiger partial charge is 0.358 e. The highest BCUT2D eigenvalue weighted by atomic mass is 32.2. The van der Waals surface area contributed by atoms with Gasteiger partial charge >= 0.3 is 0 Å². The molecule has 1 amide bonds. The molecule has 0 unspecified atom stereocenters. The molecule has 0 fully saturated rings. The van der Waals surface area contributed by atoms with Gasteiger partial charge in [-0.15, -0.1) is 0 Å². The van der Waals surface area contributed by atoms with Gasteiger partial charge in [-0.1, -0.05) is 32.9 Å². The van der Waals surface area contributed by atoms with E-state index in [0.29, 0.717) is 11.1 Å². The van der Waals surface area contributed by atoms with Crippen molar-refractivity contribution in [2.24, 2.45) is 0 Å². The third-order valence-electron chi connectivity index (χ3n) is 3.30. The van der Waals surface area contributed by atoms with Gasteiger partial charge < -0.3 is 5.32 Å². The molecule has 0 saturated heterocycles. The highest BCUT2D eigenvalue weighted by molar-refractivity contribution is 7.89. The lowest BCUT2D eigenvalue weighted by molar-refractivity contribution is -0.119. The lowest BCUT2D eigenvalue weighted by atomic mass is 9.85. The summed E-state index contributed by atoms with van der Waals surface area (Å²) in [6.07, 6.45) is 0. The summed E-state index contributed by atoms with van der Waals surface area (Å²) in [6, 6.07) is 3.78. The highest BCUT2D eigenvalue weighted by Gasteiger charge is 2.23. The SMILES string of the molecule is CNC(=O)CNS(=O)(=O)c1c(C)cc(C(C)(C)C)cc1C. The predicted molar refractivity (Wildman–Crippen MR) is 83.9 cm³/mol. The number of hydrogen-bond acceptors (Lipinski definition) is 3. The van der Waals surface area contributed by atoms with Crippen molar-refractivity contribution in [1.29, 1.82) is 0 Å². The van der Waals surface area contributed by atoms with Crippen LogP contribution in [-0.4, -0.2) is 27.9 Å². The number of benzene rings is 1. The number of sulfonamides is 1. The lowest BCUT2D eigenvalue weighted by Gasteiger charge is -2.22. The van der Waals surface area contributed by atoms with Gasteiger partial charge in [-0.25, -0.2) is 13.1 Å².